The molecule has 4 heteroatoms. The Hall–Kier alpha value is -5.09. The minimum absolute atomic E-state index is 0.00752. The van der Waals surface area contributed by atoms with Gasteiger partial charge in [-0.05, 0) is 52.6 Å². The summed E-state index contributed by atoms with van der Waals surface area (Å²) in [5, 5.41) is 4.29. The molecule has 202 valence electrons. The van der Waals surface area contributed by atoms with E-state index in [4.69, 9.17) is 4.74 Å². The molecule has 4 nitrogen and oxygen atoms in total. The van der Waals surface area contributed by atoms with E-state index in [-0.39, 0.29) is 11.8 Å². The van der Waals surface area contributed by atoms with Crippen molar-refractivity contribution in [2.24, 2.45) is 0 Å². The van der Waals surface area contributed by atoms with Crippen molar-refractivity contribution in [1.82, 2.24) is 9.88 Å². The van der Waals surface area contributed by atoms with Gasteiger partial charge in [0.15, 0.2) is 0 Å². The van der Waals surface area contributed by atoms with E-state index in [1.807, 2.05) is 78.9 Å². The van der Waals surface area contributed by atoms with E-state index in [1.165, 1.54) is 5.56 Å². The Kier molecular flexibility index (Phi) is 7.90. The first-order valence-electron chi connectivity index (χ1n) is 14.0. The standard InChI is InChI=1S/C37H32N2O2/c40-37(38-25-28-13-4-1-5-14-28)24-34(30-17-12-20-32(23-30)41-31-18-8-3-9-19-31)35-27-39(26-29-15-6-2-7-16-29)36-22-11-10-21-33(35)36/h1-23,27,34H,24-26H2,(H,38,40)/t34-/m0/s1. The van der Waals surface area contributed by atoms with E-state index in [0.717, 1.165) is 45.6 Å². The van der Waals surface area contributed by atoms with Gasteiger partial charge in [0.25, 0.3) is 0 Å². The summed E-state index contributed by atoms with van der Waals surface area (Å²) >= 11 is 0. The van der Waals surface area contributed by atoms with Crippen molar-refractivity contribution in [2.75, 3.05) is 0 Å². The zero-order valence-electron chi connectivity index (χ0n) is 22.8. The largest absolute Gasteiger partial charge is 0.457 e. The second-order valence-electron chi connectivity index (χ2n) is 10.2. The van der Waals surface area contributed by atoms with Crippen LogP contribution >= 0.6 is 0 Å². The Morgan fingerprint density at radius 1 is 0.683 bits per heavy atom. The minimum atomic E-state index is -0.160. The quantitative estimate of drug-likeness (QED) is 0.191. The van der Waals surface area contributed by atoms with Crippen LogP contribution in [0, 0.1) is 0 Å². The molecule has 1 amide bonds. The van der Waals surface area contributed by atoms with Crippen molar-refractivity contribution in [2.45, 2.75) is 25.4 Å². The Morgan fingerprint density at radius 2 is 1.32 bits per heavy atom. The molecule has 0 radical (unpaired) electrons. The van der Waals surface area contributed by atoms with Crippen LogP contribution in [0.3, 0.4) is 0 Å². The summed E-state index contributed by atoms with van der Waals surface area (Å²) in [5.41, 5.74) is 5.63. The number of amides is 1. The number of nitrogens with one attached hydrogen (secondary N) is 1. The molecule has 1 heterocycles. The van der Waals surface area contributed by atoms with Gasteiger partial charge >= 0.3 is 0 Å². The maximum Gasteiger partial charge on any atom is 0.221 e. The van der Waals surface area contributed by atoms with Crippen LogP contribution in [-0.2, 0) is 17.9 Å². The predicted molar refractivity (Wildman–Crippen MR) is 165 cm³/mol. The average Bonchev–Trinajstić information content (AvgIpc) is 3.38. The van der Waals surface area contributed by atoms with E-state index < -0.39 is 0 Å². The number of hydrogen-bond acceptors (Lipinski definition) is 2. The van der Waals surface area contributed by atoms with Gasteiger partial charge < -0.3 is 14.6 Å². The summed E-state index contributed by atoms with van der Waals surface area (Å²) in [4.78, 5) is 13.4. The number of para-hydroxylation sites is 2. The van der Waals surface area contributed by atoms with Gasteiger partial charge in [0.1, 0.15) is 11.5 Å². The van der Waals surface area contributed by atoms with Crippen LogP contribution in [0.2, 0.25) is 0 Å². The molecule has 6 rings (SSSR count). The first-order valence-corrected chi connectivity index (χ1v) is 14.0. The Morgan fingerprint density at radius 3 is 2.07 bits per heavy atom. The third kappa shape index (κ3) is 6.39. The highest BCUT2D eigenvalue weighted by Crippen LogP contribution is 2.37. The fraction of sp³-hybridized carbons (Fsp3) is 0.108. The van der Waals surface area contributed by atoms with Gasteiger partial charge in [-0.1, -0.05) is 109 Å². The highest BCUT2D eigenvalue weighted by atomic mass is 16.5. The van der Waals surface area contributed by atoms with Crippen molar-refractivity contribution in [3.05, 3.63) is 168 Å². The van der Waals surface area contributed by atoms with Crippen LogP contribution in [0.15, 0.2) is 146 Å². The lowest BCUT2D eigenvalue weighted by molar-refractivity contribution is -0.121. The molecule has 0 saturated heterocycles. The van der Waals surface area contributed by atoms with Gasteiger partial charge in [-0.15, -0.1) is 0 Å². The van der Waals surface area contributed by atoms with E-state index >= 15 is 0 Å². The highest BCUT2D eigenvalue weighted by molar-refractivity contribution is 5.87. The third-order valence-electron chi connectivity index (χ3n) is 7.35. The van der Waals surface area contributed by atoms with Gasteiger partial charge in [0, 0.05) is 42.5 Å². The molecule has 6 aromatic rings. The molecule has 0 saturated carbocycles. The van der Waals surface area contributed by atoms with Crippen molar-refractivity contribution in [3.8, 4) is 11.5 Å². The minimum Gasteiger partial charge on any atom is -0.457 e. The molecule has 0 aliphatic heterocycles. The lowest BCUT2D eigenvalue weighted by Gasteiger charge is -2.18. The number of nitrogens with zero attached hydrogens (tertiary/aromatic N) is 1. The number of carbonyl (C=O) groups is 1. The summed E-state index contributed by atoms with van der Waals surface area (Å²) in [6.45, 7) is 1.25. The molecule has 0 spiro atoms. The fourth-order valence-electron chi connectivity index (χ4n) is 5.34. The zero-order chi connectivity index (χ0) is 27.9. The van der Waals surface area contributed by atoms with E-state index in [2.05, 4.69) is 76.7 Å². The molecule has 1 aromatic heterocycles. The number of ether oxygens (including phenoxy) is 1. The smallest absolute Gasteiger partial charge is 0.221 e. The summed E-state index contributed by atoms with van der Waals surface area (Å²) in [7, 11) is 0. The van der Waals surface area contributed by atoms with E-state index in [0.29, 0.717) is 13.0 Å². The summed E-state index contributed by atoms with van der Waals surface area (Å²) < 4.78 is 8.47. The van der Waals surface area contributed by atoms with Gasteiger partial charge in [-0.3, -0.25) is 4.79 Å². The Bertz CT molecular complexity index is 1730. The van der Waals surface area contributed by atoms with Gasteiger partial charge in [-0.2, -0.15) is 0 Å². The predicted octanol–water partition coefficient (Wildman–Crippen LogP) is 8.32. The van der Waals surface area contributed by atoms with Crippen molar-refractivity contribution in [3.63, 3.8) is 0 Å². The molecule has 0 bridgehead atoms. The normalized spacial score (nSPS) is 11.7. The monoisotopic (exact) mass is 536 g/mol. The zero-order valence-corrected chi connectivity index (χ0v) is 22.8. The second-order valence-corrected chi connectivity index (χ2v) is 10.2. The SMILES string of the molecule is O=C(C[C@@H](c1cccc(Oc2ccccc2)c1)c1cn(Cc2ccccc2)c2ccccc12)NCc1ccccc1. The van der Waals surface area contributed by atoms with E-state index in [1.54, 1.807) is 0 Å². The fourth-order valence-corrected chi connectivity index (χ4v) is 5.34. The first kappa shape index (κ1) is 26.1. The molecular weight excluding hydrogens is 504 g/mol. The Labute approximate surface area is 240 Å². The summed E-state index contributed by atoms with van der Waals surface area (Å²) in [6.07, 6.45) is 2.54. The Balaban J connectivity index is 1.36. The lowest BCUT2D eigenvalue weighted by Crippen LogP contribution is -2.25. The van der Waals surface area contributed by atoms with Crippen LogP contribution in [-0.4, -0.2) is 10.5 Å². The molecule has 1 atom stereocenters. The molecule has 0 aliphatic rings. The molecular formula is C37H32N2O2. The van der Waals surface area contributed by atoms with Crippen molar-refractivity contribution in [1.29, 1.82) is 0 Å². The van der Waals surface area contributed by atoms with E-state index in [9.17, 15) is 4.79 Å². The number of aromatic nitrogens is 1. The van der Waals surface area contributed by atoms with Gasteiger partial charge in [0.2, 0.25) is 5.91 Å². The highest BCUT2D eigenvalue weighted by Gasteiger charge is 2.23. The van der Waals surface area contributed by atoms with Crippen LogP contribution in [0.4, 0.5) is 0 Å². The van der Waals surface area contributed by atoms with Gasteiger partial charge in [0.05, 0.1) is 0 Å². The number of hydrogen-bond donors (Lipinski definition) is 1. The number of carbonyl (C=O) groups excluding carboxylic acids is 1. The van der Waals surface area contributed by atoms with Crippen LogP contribution in [0.1, 0.15) is 34.6 Å². The third-order valence-corrected chi connectivity index (χ3v) is 7.35. The molecule has 1 N–H and O–H groups in total. The van der Waals surface area contributed by atoms with Crippen molar-refractivity contribution >= 4 is 16.8 Å². The maximum absolute atomic E-state index is 13.4. The summed E-state index contributed by atoms with van der Waals surface area (Å²) in [5.74, 6) is 1.37. The summed E-state index contributed by atoms with van der Waals surface area (Å²) in [6, 6.07) is 46.8. The molecule has 0 fully saturated rings. The molecule has 0 unspecified atom stereocenters. The topological polar surface area (TPSA) is 43.3 Å². The number of benzene rings is 5. The molecule has 0 aliphatic carbocycles. The average molecular weight is 537 g/mol. The van der Waals surface area contributed by atoms with Crippen LogP contribution < -0.4 is 10.1 Å². The van der Waals surface area contributed by atoms with Crippen molar-refractivity contribution < 1.29 is 9.53 Å². The second kappa shape index (κ2) is 12.4. The molecule has 41 heavy (non-hydrogen) atoms. The molecule has 5 aromatic carbocycles. The van der Waals surface area contributed by atoms with Crippen LogP contribution in [0.5, 0.6) is 11.5 Å². The number of fused-ring (bicyclic) bond motifs is 1. The lowest BCUT2D eigenvalue weighted by atomic mass is 9.88. The number of rotatable bonds is 10. The van der Waals surface area contributed by atoms with Gasteiger partial charge in [-0.25, -0.2) is 0 Å². The van der Waals surface area contributed by atoms with Crippen LogP contribution in [0.25, 0.3) is 10.9 Å². The first-order chi connectivity index (χ1) is 20.2. The maximum atomic E-state index is 13.4.